The summed E-state index contributed by atoms with van der Waals surface area (Å²) in [4.78, 5) is 23.1. The average molecular weight is 400 g/mol. The minimum absolute atomic E-state index is 0.0705. The van der Waals surface area contributed by atoms with Crippen molar-refractivity contribution in [2.75, 3.05) is 44.9 Å². The zero-order chi connectivity index (χ0) is 20.5. The van der Waals surface area contributed by atoms with Gasteiger partial charge >= 0.3 is 0 Å². The molecule has 1 N–H and O–H groups in total. The number of carbonyl (C=O) groups excluding carboxylic acids is 1. The molecule has 2 heterocycles. The van der Waals surface area contributed by atoms with Crippen molar-refractivity contribution in [3.05, 3.63) is 36.2 Å². The fourth-order valence-electron chi connectivity index (χ4n) is 3.12. The number of methoxy groups -OCH3 is 1. The van der Waals surface area contributed by atoms with Crippen LogP contribution in [0, 0.1) is 6.92 Å². The summed E-state index contributed by atoms with van der Waals surface area (Å²) in [6.45, 7) is 4.50. The maximum absolute atomic E-state index is 11.9. The Morgan fingerprint density at radius 2 is 1.90 bits per heavy atom. The molecular weight excluding hydrogens is 372 g/mol. The highest BCUT2D eigenvalue weighted by Gasteiger charge is 2.14. The van der Waals surface area contributed by atoms with Crippen LogP contribution in [-0.2, 0) is 4.79 Å². The van der Waals surface area contributed by atoms with Gasteiger partial charge < -0.3 is 24.4 Å². The number of nitrogens with one attached hydrogen (secondary N) is 1. The second-order valence-corrected chi connectivity index (χ2v) is 6.83. The fraction of sp³-hybridized carbons (Fsp3) is 0.476. The molecule has 0 atom stereocenters. The van der Waals surface area contributed by atoms with E-state index in [4.69, 9.17) is 14.2 Å². The third kappa shape index (κ3) is 6.51. The van der Waals surface area contributed by atoms with Gasteiger partial charge in [-0.15, -0.1) is 0 Å². The molecule has 0 spiro atoms. The van der Waals surface area contributed by atoms with Gasteiger partial charge in [-0.3, -0.25) is 4.79 Å². The van der Waals surface area contributed by atoms with Crippen LogP contribution in [0.5, 0.6) is 17.4 Å². The molecule has 1 aliphatic rings. The minimum atomic E-state index is -0.218. The zero-order valence-electron chi connectivity index (χ0n) is 17.0. The van der Waals surface area contributed by atoms with Crippen LogP contribution in [0.15, 0.2) is 30.3 Å². The van der Waals surface area contributed by atoms with E-state index in [0.717, 1.165) is 18.9 Å². The van der Waals surface area contributed by atoms with Crippen molar-refractivity contribution in [2.45, 2.75) is 26.2 Å². The summed E-state index contributed by atoms with van der Waals surface area (Å²) in [7, 11) is 1.58. The lowest BCUT2D eigenvalue weighted by atomic mass is 10.1. The molecule has 2 aromatic rings. The number of hydrogen-bond acceptors (Lipinski definition) is 7. The van der Waals surface area contributed by atoms with E-state index in [1.807, 2.05) is 25.1 Å². The largest absolute Gasteiger partial charge is 0.497 e. The number of amides is 1. The molecule has 1 fully saturated rings. The van der Waals surface area contributed by atoms with Crippen LogP contribution in [0.3, 0.4) is 0 Å². The predicted molar refractivity (Wildman–Crippen MR) is 110 cm³/mol. The number of benzene rings is 1. The Labute approximate surface area is 171 Å². The Hall–Kier alpha value is -3.03. The molecular formula is C21H28N4O4. The van der Waals surface area contributed by atoms with Gasteiger partial charge in [0, 0.05) is 25.2 Å². The summed E-state index contributed by atoms with van der Waals surface area (Å²) in [6.07, 6.45) is 3.64. The number of aromatic nitrogens is 2. The highest BCUT2D eigenvalue weighted by Crippen LogP contribution is 2.21. The number of aryl methyl sites for hydroxylation is 1. The lowest BCUT2D eigenvalue weighted by Gasteiger charge is -2.28. The molecule has 0 bridgehead atoms. The Balaban J connectivity index is 1.40. The molecule has 1 aromatic carbocycles. The topological polar surface area (TPSA) is 85.8 Å². The van der Waals surface area contributed by atoms with Gasteiger partial charge in [-0.05, 0) is 38.3 Å². The number of carbonyl (C=O) groups is 1. The van der Waals surface area contributed by atoms with E-state index in [2.05, 4.69) is 20.2 Å². The molecule has 0 saturated carbocycles. The summed E-state index contributed by atoms with van der Waals surface area (Å²) < 4.78 is 16.3. The van der Waals surface area contributed by atoms with Gasteiger partial charge in [-0.1, -0.05) is 6.07 Å². The Bertz CT molecular complexity index is 809. The van der Waals surface area contributed by atoms with Gasteiger partial charge in [0.15, 0.2) is 6.61 Å². The van der Waals surface area contributed by atoms with E-state index < -0.39 is 0 Å². The van der Waals surface area contributed by atoms with Crippen molar-refractivity contribution in [3.8, 4) is 17.4 Å². The molecule has 0 unspecified atom stereocenters. The first kappa shape index (κ1) is 20.7. The van der Waals surface area contributed by atoms with E-state index in [-0.39, 0.29) is 12.5 Å². The molecule has 0 radical (unpaired) electrons. The Morgan fingerprint density at radius 1 is 1.10 bits per heavy atom. The molecule has 3 rings (SSSR count). The molecule has 156 valence electrons. The van der Waals surface area contributed by atoms with Gasteiger partial charge in [0.05, 0.1) is 13.7 Å². The minimum Gasteiger partial charge on any atom is -0.497 e. The molecule has 8 nitrogen and oxygen atoms in total. The number of ether oxygens (including phenoxy) is 3. The van der Waals surface area contributed by atoms with E-state index in [1.54, 1.807) is 19.2 Å². The molecule has 1 aliphatic heterocycles. The quantitative estimate of drug-likeness (QED) is 0.647. The smallest absolute Gasteiger partial charge is 0.258 e. The van der Waals surface area contributed by atoms with Crippen LogP contribution in [0.25, 0.3) is 0 Å². The van der Waals surface area contributed by atoms with Gasteiger partial charge in [0.1, 0.15) is 29.7 Å². The van der Waals surface area contributed by atoms with Gasteiger partial charge in [-0.2, -0.15) is 4.98 Å². The van der Waals surface area contributed by atoms with Crippen molar-refractivity contribution in [3.63, 3.8) is 0 Å². The van der Waals surface area contributed by atoms with Crippen LogP contribution in [0.1, 0.15) is 25.1 Å². The number of hydrogen-bond donors (Lipinski definition) is 1. The van der Waals surface area contributed by atoms with Crippen molar-refractivity contribution >= 4 is 11.7 Å². The van der Waals surface area contributed by atoms with Crippen molar-refractivity contribution in [2.24, 2.45) is 0 Å². The van der Waals surface area contributed by atoms with Crippen molar-refractivity contribution < 1.29 is 19.0 Å². The van der Waals surface area contributed by atoms with Crippen molar-refractivity contribution in [1.82, 2.24) is 15.3 Å². The normalized spacial score (nSPS) is 13.7. The molecule has 1 amide bonds. The maximum atomic E-state index is 11.9. The predicted octanol–water partition coefficient (Wildman–Crippen LogP) is 2.36. The van der Waals surface area contributed by atoms with E-state index in [9.17, 15) is 4.79 Å². The molecule has 8 heteroatoms. The average Bonchev–Trinajstić information content (AvgIpc) is 2.75. The highest BCUT2D eigenvalue weighted by molar-refractivity contribution is 5.77. The standard InChI is InChI=1S/C21H28N4O4/c1-16-23-19(25-10-4-3-5-11-25)14-21(24-16)28-12-9-22-20(26)15-29-18-8-6-7-17(13-18)27-2/h6-8,13-14H,3-5,9-12,15H2,1-2H3,(H,22,26). The SMILES string of the molecule is COc1cccc(OCC(=O)NCCOc2cc(N3CCCCC3)nc(C)n2)c1. The van der Waals surface area contributed by atoms with Crippen LogP contribution in [0.2, 0.25) is 0 Å². The van der Waals surface area contributed by atoms with Crippen LogP contribution in [-0.4, -0.2) is 55.8 Å². The Morgan fingerprint density at radius 3 is 2.69 bits per heavy atom. The second kappa shape index (κ2) is 10.5. The molecule has 0 aliphatic carbocycles. The second-order valence-electron chi connectivity index (χ2n) is 6.83. The van der Waals surface area contributed by atoms with E-state index in [1.165, 1.54) is 19.3 Å². The number of piperidine rings is 1. The van der Waals surface area contributed by atoms with Gasteiger partial charge in [0.2, 0.25) is 5.88 Å². The molecule has 29 heavy (non-hydrogen) atoms. The van der Waals surface area contributed by atoms with Crippen molar-refractivity contribution in [1.29, 1.82) is 0 Å². The fourth-order valence-corrected chi connectivity index (χ4v) is 3.12. The van der Waals surface area contributed by atoms with Crippen LogP contribution < -0.4 is 24.4 Å². The first-order valence-electron chi connectivity index (χ1n) is 9.91. The van der Waals surface area contributed by atoms with Crippen LogP contribution >= 0.6 is 0 Å². The monoisotopic (exact) mass is 400 g/mol. The Kier molecular flexibility index (Phi) is 7.49. The number of anilines is 1. The molecule has 1 saturated heterocycles. The van der Waals surface area contributed by atoms with E-state index >= 15 is 0 Å². The first-order valence-corrected chi connectivity index (χ1v) is 9.91. The van der Waals surface area contributed by atoms with Gasteiger partial charge in [0.25, 0.3) is 5.91 Å². The molecule has 1 aromatic heterocycles. The first-order chi connectivity index (χ1) is 14.1. The lowest BCUT2D eigenvalue weighted by molar-refractivity contribution is -0.123. The lowest BCUT2D eigenvalue weighted by Crippen LogP contribution is -2.32. The highest BCUT2D eigenvalue weighted by atomic mass is 16.5. The third-order valence-corrected chi connectivity index (χ3v) is 4.57. The summed E-state index contributed by atoms with van der Waals surface area (Å²) in [5, 5.41) is 2.77. The zero-order valence-corrected chi connectivity index (χ0v) is 17.0. The number of nitrogens with zero attached hydrogens (tertiary/aromatic N) is 3. The number of rotatable bonds is 9. The summed E-state index contributed by atoms with van der Waals surface area (Å²) in [5.41, 5.74) is 0. The van der Waals surface area contributed by atoms with E-state index in [0.29, 0.717) is 36.4 Å². The maximum Gasteiger partial charge on any atom is 0.258 e. The van der Waals surface area contributed by atoms with Crippen LogP contribution in [0.4, 0.5) is 5.82 Å². The van der Waals surface area contributed by atoms with Gasteiger partial charge in [-0.25, -0.2) is 4.98 Å². The summed E-state index contributed by atoms with van der Waals surface area (Å²) >= 11 is 0. The summed E-state index contributed by atoms with van der Waals surface area (Å²) in [5.74, 6) is 3.16. The summed E-state index contributed by atoms with van der Waals surface area (Å²) in [6, 6.07) is 8.99. The third-order valence-electron chi connectivity index (χ3n) is 4.57.